The van der Waals surface area contributed by atoms with Crippen LogP contribution in [0.4, 0.5) is 0 Å². The molecule has 0 aliphatic heterocycles. The molecule has 0 aliphatic rings. The topological polar surface area (TPSA) is 43.1 Å². The van der Waals surface area contributed by atoms with Gasteiger partial charge >= 0.3 is 0 Å². The van der Waals surface area contributed by atoms with Crippen LogP contribution in [0.15, 0.2) is 75.7 Å². The van der Waals surface area contributed by atoms with Gasteiger partial charge in [-0.2, -0.15) is 0 Å². The third kappa shape index (κ3) is 3.27. The summed E-state index contributed by atoms with van der Waals surface area (Å²) in [5.41, 5.74) is 8.46. The second kappa shape index (κ2) is 6.86. The van der Waals surface area contributed by atoms with Crippen molar-refractivity contribution in [1.82, 2.24) is 0 Å². The molecule has 0 aliphatic carbocycles. The number of hydrogen-bond acceptors (Lipinski definition) is 1. The fourth-order valence-electron chi connectivity index (χ4n) is 3.31. The van der Waals surface area contributed by atoms with Crippen molar-refractivity contribution < 1.29 is 4.79 Å². The van der Waals surface area contributed by atoms with E-state index in [1.807, 2.05) is 42.5 Å². The van der Waals surface area contributed by atoms with Crippen molar-refractivity contribution in [3.8, 4) is 0 Å². The molecule has 0 fully saturated rings. The van der Waals surface area contributed by atoms with E-state index in [0.29, 0.717) is 5.56 Å². The Balaban J connectivity index is 1.90. The smallest absolute Gasteiger partial charge is 0.249 e. The van der Waals surface area contributed by atoms with Gasteiger partial charge in [-0.1, -0.05) is 68.3 Å². The van der Waals surface area contributed by atoms with Crippen LogP contribution in [0.5, 0.6) is 0 Å². The summed E-state index contributed by atoms with van der Waals surface area (Å²) in [5.74, 6) is -0.401. The monoisotopic (exact) mass is 467 g/mol. The van der Waals surface area contributed by atoms with Gasteiger partial charge in [-0.05, 0) is 69.4 Å². The van der Waals surface area contributed by atoms with E-state index >= 15 is 0 Å². The van der Waals surface area contributed by atoms with E-state index in [0.717, 1.165) is 48.0 Å². The average molecular weight is 469 g/mol. The Morgan fingerprint density at radius 3 is 2.27 bits per heavy atom. The number of carbonyl (C=O) groups is 1. The van der Waals surface area contributed by atoms with Crippen molar-refractivity contribution in [2.45, 2.75) is 6.42 Å². The first-order valence-corrected chi connectivity index (χ1v) is 9.79. The minimum Gasteiger partial charge on any atom is -0.366 e. The Kier molecular flexibility index (Phi) is 4.55. The average Bonchev–Trinajstić information content (AvgIpc) is 2.61. The molecule has 1 amide bonds. The molecule has 2 nitrogen and oxygen atoms in total. The molecule has 0 saturated heterocycles. The first-order chi connectivity index (χ1) is 12.5. The Morgan fingerprint density at radius 2 is 1.58 bits per heavy atom. The quantitative estimate of drug-likeness (QED) is 0.357. The van der Waals surface area contributed by atoms with Gasteiger partial charge in [0.15, 0.2) is 0 Å². The van der Waals surface area contributed by atoms with Crippen molar-refractivity contribution in [3.05, 3.63) is 92.4 Å². The third-order valence-electron chi connectivity index (χ3n) is 4.55. The molecule has 26 heavy (non-hydrogen) atoms. The van der Waals surface area contributed by atoms with Crippen LogP contribution in [0.25, 0.3) is 21.5 Å². The minimum atomic E-state index is -0.401. The van der Waals surface area contributed by atoms with E-state index in [1.165, 1.54) is 0 Å². The summed E-state index contributed by atoms with van der Waals surface area (Å²) in [4.78, 5) is 12.1. The number of carbonyl (C=O) groups excluding carboxylic acids is 1. The maximum atomic E-state index is 12.1. The number of rotatable bonds is 3. The van der Waals surface area contributed by atoms with Gasteiger partial charge in [0, 0.05) is 14.5 Å². The number of hydrogen-bond donors (Lipinski definition) is 1. The molecule has 0 aromatic heterocycles. The van der Waals surface area contributed by atoms with Crippen LogP contribution in [-0.2, 0) is 6.42 Å². The van der Waals surface area contributed by atoms with E-state index in [1.54, 1.807) is 0 Å². The van der Waals surface area contributed by atoms with E-state index in [9.17, 15) is 4.79 Å². The van der Waals surface area contributed by atoms with Crippen LogP contribution in [-0.4, -0.2) is 5.91 Å². The van der Waals surface area contributed by atoms with Crippen molar-refractivity contribution in [2.75, 3.05) is 0 Å². The van der Waals surface area contributed by atoms with Crippen LogP contribution in [0.3, 0.4) is 0 Å². The highest BCUT2D eigenvalue weighted by Crippen LogP contribution is 2.29. The van der Waals surface area contributed by atoms with Crippen LogP contribution >= 0.6 is 31.9 Å². The Labute approximate surface area is 168 Å². The van der Waals surface area contributed by atoms with Crippen LogP contribution < -0.4 is 5.73 Å². The molecule has 4 aromatic carbocycles. The molecule has 0 saturated carbocycles. The fourth-order valence-corrected chi connectivity index (χ4v) is 4.49. The predicted molar refractivity (Wildman–Crippen MR) is 115 cm³/mol. The highest BCUT2D eigenvalue weighted by atomic mass is 79.9. The number of nitrogens with two attached hydrogens (primary N) is 1. The molecule has 4 heteroatoms. The van der Waals surface area contributed by atoms with Gasteiger partial charge in [0.25, 0.3) is 0 Å². The largest absolute Gasteiger partial charge is 0.366 e. The van der Waals surface area contributed by atoms with Gasteiger partial charge in [0.2, 0.25) is 5.91 Å². The van der Waals surface area contributed by atoms with Gasteiger partial charge < -0.3 is 5.73 Å². The SMILES string of the molecule is NC(=O)c1cc(Cc2ccc(Br)cc2Br)cc2cc3ccccc3cc12. The van der Waals surface area contributed by atoms with Gasteiger partial charge in [-0.15, -0.1) is 0 Å². The summed E-state index contributed by atoms with van der Waals surface area (Å²) in [7, 11) is 0. The summed E-state index contributed by atoms with van der Waals surface area (Å²) >= 11 is 7.09. The summed E-state index contributed by atoms with van der Waals surface area (Å²) in [6, 6.07) is 22.5. The van der Waals surface area contributed by atoms with Crippen LogP contribution in [0, 0.1) is 0 Å². The van der Waals surface area contributed by atoms with Crippen LogP contribution in [0.1, 0.15) is 21.5 Å². The van der Waals surface area contributed by atoms with E-state index in [-0.39, 0.29) is 0 Å². The molecule has 0 atom stereocenters. The van der Waals surface area contributed by atoms with E-state index in [4.69, 9.17) is 5.73 Å². The van der Waals surface area contributed by atoms with E-state index < -0.39 is 5.91 Å². The van der Waals surface area contributed by atoms with Crippen LogP contribution in [0.2, 0.25) is 0 Å². The number of primary amides is 1. The second-order valence-electron chi connectivity index (χ2n) is 6.34. The van der Waals surface area contributed by atoms with Crippen molar-refractivity contribution in [1.29, 1.82) is 0 Å². The Bertz CT molecular complexity index is 1170. The number of benzene rings is 4. The molecule has 4 aromatic rings. The summed E-state index contributed by atoms with van der Waals surface area (Å²) < 4.78 is 2.06. The van der Waals surface area contributed by atoms with E-state index in [2.05, 4.69) is 56.1 Å². The highest BCUT2D eigenvalue weighted by molar-refractivity contribution is 9.11. The predicted octanol–water partition coefficient (Wildman–Crippen LogP) is 6.21. The molecule has 0 heterocycles. The molecular formula is C22H15Br2NO. The first-order valence-electron chi connectivity index (χ1n) is 8.20. The Morgan fingerprint density at radius 1 is 0.846 bits per heavy atom. The number of halogens is 2. The van der Waals surface area contributed by atoms with Gasteiger partial charge in [0.05, 0.1) is 0 Å². The highest BCUT2D eigenvalue weighted by Gasteiger charge is 2.12. The lowest BCUT2D eigenvalue weighted by atomic mass is 9.94. The minimum absolute atomic E-state index is 0.401. The zero-order valence-corrected chi connectivity index (χ0v) is 17.0. The van der Waals surface area contributed by atoms with Crippen molar-refractivity contribution >= 4 is 59.3 Å². The second-order valence-corrected chi connectivity index (χ2v) is 8.11. The lowest BCUT2D eigenvalue weighted by Crippen LogP contribution is -2.12. The number of amides is 1. The summed E-state index contributed by atoms with van der Waals surface area (Å²) in [6.45, 7) is 0. The molecule has 0 unspecified atom stereocenters. The maximum absolute atomic E-state index is 12.1. The maximum Gasteiger partial charge on any atom is 0.249 e. The molecule has 128 valence electrons. The third-order valence-corrected chi connectivity index (χ3v) is 5.79. The van der Waals surface area contributed by atoms with Crippen molar-refractivity contribution in [3.63, 3.8) is 0 Å². The number of fused-ring (bicyclic) bond motifs is 2. The fraction of sp³-hybridized carbons (Fsp3) is 0.0455. The molecular weight excluding hydrogens is 454 g/mol. The van der Waals surface area contributed by atoms with Gasteiger partial charge in [0.1, 0.15) is 0 Å². The first kappa shape index (κ1) is 17.3. The van der Waals surface area contributed by atoms with Gasteiger partial charge in [-0.25, -0.2) is 0 Å². The molecule has 0 radical (unpaired) electrons. The molecule has 0 bridgehead atoms. The zero-order chi connectivity index (χ0) is 18.3. The molecule has 0 spiro atoms. The molecule has 4 rings (SSSR count). The lowest BCUT2D eigenvalue weighted by Gasteiger charge is -2.11. The van der Waals surface area contributed by atoms with Gasteiger partial charge in [-0.3, -0.25) is 4.79 Å². The summed E-state index contributed by atoms with van der Waals surface area (Å²) in [6.07, 6.45) is 0.719. The molecule has 2 N–H and O–H groups in total. The summed E-state index contributed by atoms with van der Waals surface area (Å²) in [5, 5.41) is 4.18. The Hall–Kier alpha value is -2.17. The standard InChI is InChI=1S/C22H15Br2NO/c23-18-6-5-16(21(24)12-18)7-13-8-17-10-14-3-1-2-4-15(14)11-19(17)20(9-13)22(25)26/h1-6,8-12H,7H2,(H2,25,26). The lowest BCUT2D eigenvalue weighted by molar-refractivity contribution is 0.100. The zero-order valence-electron chi connectivity index (χ0n) is 13.8. The normalized spacial score (nSPS) is 11.2. The van der Waals surface area contributed by atoms with Crippen molar-refractivity contribution in [2.24, 2.45) is 5.73 Å².